The van der Waals surface area contributed by atoms with Gasteiger partial charge in [0.15, 0.2) is 0 Å². The SMILES string of the molecule is Cn1cc(C(=O)N2CCN(Cc3ccc(C(F)(F)F)cc3)CC2)cn1. The Balaban J connectivity index is 1.53. The highest BCUT2D eigenvalue weighted by Gasteiger charge is 2.30. The Morgan fingerprint density at radius 1 is 1.12 bits per heavy atom. The van der Waals surface area contributed by atoms with Crippen LogP contribution in [0.3, 0.4) is 0 Å². The van der Waals surface area contributed by atoms with Gasteiger partial charge in [0.25, 0.3) is 5.91 Å². The summed E-state index contributed by atoms with van der Waals surface area (Å²) in [5.74, 6) is -0.0396. The monoisotopic (exact) mass is 352 g/mol. The Labute approximate surface area is 143 Å². The smallest absolute Gasteiger partial charge is 0.336 e. The van der Waals surface area contributed by atoms with Gasteiger partial charge in [0.1, 0.15) is 0 Å². The standard InChI is InChI=1S/C17H19F3N4O/c1-22-12-14(10-21-22)16(25)24-8-6-23(7-9-24)11-13-2-4-15(5-3-13)17(18,19)20/h2-5,10,12H,6-9,11H2,1H3. The van der Waals surface area contributed by atoms with Gasteiger partial charge < -0.3 is 4.90 Å². The number of carbonyl (C=O) groups is 1. The third kappa shape index (κ3) is 4.19. The maximum Gasteiger partial charge on any atom is 0.416 e. The second-order valence-corrected chi connectivity index (χ2v) is 6.17. The molecule has 0 bridgehead atoms. The van der Waals surface area contributed by atoms with Crippen LogP contribution in [-0.4, -0.2) is 51.7 Å². The Bertz CT molecular complexity index is 731. The highest BCUT2D eigenvalue weighted by atomic mass is 19.4. The van der Waals surface area contributed by atoms with Gasteiger partial charge in [0.05, 0.1) is 17.3 Å². The summed E-state index contributed by atoms with van der Waals surface area (Å²) < 4.78 is 39.3. The molecule has 0 radical (unpaired) electrons. The van der Waals surface area contributed by atoms with Crippen molar-refractivity contribution in [3.63, 3.8) is 0 Å². The first-order valence-electron chi connectivity index (χ1n) is 7.99. The van der Waals surface area contributed by atoms with Crippen LogP contribution < -0.4 is 0 Å². The van der Waals surface area contributed by atoms with Crippen molar-refractivity contribution >= 4 is 5.91 Å². The predicted molar refractivity (Wildman–Crippen MR) is 85.8 cm³/mol. The van der Waals surface area contributed by atoms with E-state index in [2.05, 4.69) is 10.00 Å². The lowest BCUT2D eigenvalue weighted by atomic mass is 10.1. The van der Waals surface area contributed by atoms with E-state index in [-0.39, 0.29) is 5.91 Å². The highest BCUT2D eigenvalue weighted by molar-refractivity contribution is 5.93. The molecular weight excluding hydrogens is 333 g/mol. The molecule has 134 valence electrons. The summed E-state index contributed by atoms with van der Waals surface area (Å²) in [7, 11) is 1.76. The van der Waals surface area contributed by atoms with Gasteiger partial charge in [-0.25, -0.2) is 0 Å². The minimum atomic E-state index is -4.31. The number of benzene rings is 1. The van der Waals surface area contributed by atoms with E-state index >= 15 is 0 Å². The van der Waals surface area contributed by atoms with Gasteiger partial charge in [-0.15, -0.1) is 0 Å². The van der Waals surface area contributed by atoms with Crippen molar-refractivity contribution in [1.29, 1.82) is 0 Å². The Hall–Kier alpha value is -2.35. The predicted octanol–water partition coefficient (Wildman–Crippen LogP) is 2.40. The molecule has 0 saturated carbocycles. The number of aromatic nitrogens is 2. The minimum Gasteiger partial charge on any atom is -0.336 e. The number of alkyl halides is 3. The van der Waals surface area contributed by atoms with Gasteiger partial charge in [-0.05, 0) is 17.7 Å². The minimum absolute atomic E-state index is 0.0396. The zero-order valence-electron chi connectivity index (χ0n) is 13.8. The number of nitrogens with zero attached hydrogens (tertiary/aromatic N) is 4. The molecule has 1 amide bonds. The molecule has 1 aromatic carbocycles. The Morgan fingerprint density at radius 3 is 2.28 bits per heavy atom. The second-order valence-electron chi connectivity index (χ2n) is 6.17. The average Bonchev–Trinajstić information content (AvgIpc) is 3.01. The topological polar surface area (TPSA) is 41.4 Å². The molecule has 1 aromatic heterocycles. The molecule has 1 aliphatic heterocycles. The van der Waals surface area contributed by atoms with Crippen molar-refractivity contribution in [2.75, 3.05) is 26.2 Å². The molecule has 2 aromatic rings. The first-order chi connectivity index (χ1) is 11.8. The van der Waals surface area contributed by atoms with Gasteiger partial charge in [-0.3, -0.25) is 14.4 Å². The fraction of sp³-hybridized carbons (Fsp3) is 0.412. The zero-order valence-corrected chi connectivity index (χ0v) is 13.8. The van der Waals surface area contributed by atoms with Crippen molar-refractivity contribution in [3.05, 3.63) is 53.3 Å². The molecule has 1 fully saturated rings. The van der Waals surface area contributed by atoms with E-state index in [0.29, 0.717) is 38.3 Å². The zero-order chi connectivity index (χ0) is 18.0. The van der Waals surface area contributed by atoms with Crippen LogP contribution in [0, 0.1) is 0 Å². The third-order valence-corrected chi connectivity index (χ3v) is 4.30. The molecule has 3 rings (SSSR count). The van der Waals surface area contributed by atoms with E-state index < -0.39 is 11.7 Å². The van der Waals surface area contributed by atoms with Crippen LogP contribution in [0.2, 0.25) is 0 Å². The Morgan fingerprint density at radius 2 is 1.76 bits per heavy atom. The van der Waals surface area contributed by atoms with Gasteiger partial charge in [-0.1, -0.05) is 12.1 Å². The van der Waals surface area contributed by atoms with E-state index in [1.165, 1.54) is 12.1 Å². The van der Waals surface area contributed by atoms with E-state index in [1.807, 2.05) is 0 Å². The van der Waals surface area contributed by atoms with Crippen LogP contribution in [0.4, 0.5) is 13.2 Å². The van der Waals surface area contributed by atoms with E-state index in [9.17, 15) is 18.0 Å². The summed E-state index contributed by atoms with van der Waals surface area (Å²) in [6.07, 6.45) is -1.06. The molecule has 1 aliphatic rings. The second kappa shape index (κ2) is 6.87. The number of aryl methyl sites for hydroxylation is 1. The van der Waals surface area contributed by atoms with Crippen molar-refractivity contribution in [3.8, 4) is 0 Å². The van der Waals surface area contributed by atoms with Crippen molar-refractivity contribution < 1.29 is 18.0 Å². The van der Waals surface area contributed by atoms with Crippen LogP contribution in [0.25, 0.3) is 0 Å². The first kappa shape index (κ1) is 17.5. The van der Waals surface area contributed by atoms with Crippen LogP contribution >= 0.6 is 0 Å². The maximum absolute atomic E-state index is 12.6. The molecule has 8 heteroatoms. The van der Waals surface area contributed by atoms with Crippen LogP contribution in [0.1, 0.15) is 21.5 Å². The largest absolute Gasteiger partial charge is 0.416 e. The Kier molecular flexibility index (Phi) is 4.80. The molecule has 5 nitrogen and oxygen atoms in total. The lowest BCUT2D eigenvalue weighted by Gasteiger charge is -2.34. The number of hydrogen-bond donors (Lipinski definition) is 0. The molecule has 0 unspecified atom stereocenters. The first-order valence-corrected chi connectivity index (χ1v) is 7.99. The van der Waals surface area contributed by atoms with Gasteiger partial charge in [-0.2, -0.15) is 18.3 Å². The normalized spacial score (nSPS) is 16.2. The number of carbonyl (C=O) groups excluding carboxylic acids is 1. The van der Waals surface area contributed by atoms with Crippen LogP contribution in [0.15, 0.2) is 36.7 Å². The summed E-state index contributed by atoms with van der Waals surface area (Å²) in [5, 5.41) is 4.01. The molecule has 1 saturated heterocycles. The van der Waals surface area contributed by atoms with Crippen molar-refractivity contribution in [1.82, 2.24) is 19.6 Å². The number of piperazine rings is 1. The number of amides is 1. The summed E-state index contributed by atoms with van der Waals surface area (Å²) >= 11 is 0. The third-order valence-electron chi connectivity index (χ3n) is 4.30. The summed E-state index contributed by atoms with van der Waals surface area (Å²) in [6, 6.07) is 5.24. The quantitative estimate of drug-likeness (QED) is 0.852. The van der Waals surface area contributed by atoms with Gasteiger partial charge >= 0.3 is 6.18 Å². The summed E-state index contributed by atoms with van der Waals surface area (Å²) in [4.78, 5) is 16.3. The molecule has 0 spiro atoms. The number of halogens is 3. The average molecular weight is 352 g/mol. The number of rotatable bonds is 3. The van der Waals surface area contributed by atoms with Crippen molar-refractivity contribution in [2.45, 2.75) is 12.7 Å². The van der Waals surface area contributed by atoms with Gasteiger partial charge in [0, 0.05) is 46.0 Å². The highest BCUT2D eigenvalue weighted by Crippen LogP contribution is 2.29. The fourth-order valence-electron chi connectivity index (χ4n) is 2.88. The van der Waals surface area contributed by atoms with Crippen LogP contribution in [0.5, 0.6) is 0 Å². The molecule has 25 heavy (non-hydrogen) atoms. The molecule has 0 N–H and O–H groups in total. The lowest BCUT2D eigenvalue weighted by molar-refractivity contribution is -0.137. The van der Waals surface area contributed by atoms with Crippen molar-refractivity contribution in [2.24, 2.45) is 7.05 Å². The van der Waals surface area contributed by atoms with E-state index in [4.69, 9.17) is 0 Å². The molecule has 2 heterocycles. The van der Waals surface area contributed by atoms with Crippen LogP contribution in [-0.2, 0) is 19.8 Å². The molecule has 0 aliphatic carbocycles. The summed E-state index contributed by atoms with van der Waals surface area (Å²) in [5.41, 5.74) is 0.766. The lowest BCUT2D eigenvalue weighted by Crippen LogP contribution is -2.48. The van der Waals surface area contributed by atoms with E-state index in [0.717, 1.165) is 17.7 Å². The number of hydrogen-bond acceptors (Lipinski definition) is 3. The summed E-state index contributed by atoms with van der Waals surface area (Å²) in [6.45, 7) is 3.13. The van der Waals surface area contributed by atoms with Gasteiger partial charge in [0.2, 0.25) is 0 Å². The molecule has 0 atom stereocenters. The fourth-order valence-corrected chi connectivity index (χ4v) is 2.88. The molecular formula is C17H19F3N4O. The van der Waals surface area contributed by atoms with E-state index in [1.54, 1.807) is 29.0 Å². The maximum atomic E-state index is 12.6.